The van der Waals surface area contributed by atoms with Gasteiger partial charge < -0.3 is 10.6 Å². The normalized spacial score (nSPS) is 12.3. The van der Waals surface area contributed by atoms with E-state index in [1.54, 1.807) is 6.07 Å². The first-order chi connectivity index (χ1) is 8.58. The zero-order valence-electron chi connectivity index (χ0n) is 11.2. The van der Waals surface area contributed by atoms with E-state index in [9.17, 15) is 4.79 Å². The number of anilines is 1. The molecule has 18 heavy (non-hydrogen) atoms. The van der Waals surface area contributed by atoms with Crippen LogP contribution in [-0.2, 0) is 4.79 Å². The van der Waals surface area contributed by atoms with Crippen molar-refractivity contribution in [1.82, 2.24) is 5.32 Å². The summed E-state index contributed by atoms with van der Waals surface area (Å²) in [5.41, 5.74) is 0.784. The van der Waals surface area contributed by atoms with Crippen LogP contribution in [0.25, 0.3) is 0 Å². The highest BCUT2D eigenvalue weighted by atomic mass is 35.5. The molecule has 0 spiro atoms. The van der Waals surface area contributed by atoms with Gasteiger partial charge in [0.25, 0.3) is 0 Å². The molecule has 1 unspecified atom stereocenters. The molecule has 0 heterocycles. The maximum absolute atomic E-state index is 12.0. The third-order valence-electron chi connectivity index (χ3n) is 2.97. The minimum atomic E-state index is -0.300. The standard InChI is InChI=1S/C14H21ClN2O/c1-4-11(5-2)17-14(18)10(3)16-13-9-7-6-8-12(13)15/h6-11,16H,4-5H2,1-3H3,(H,17,18). The molecule has 1 rings (SSSR count). The van der Waals surface area contributed by atoms with Crippen LogP contribution in [0.3, 0.4) is 0 Å². The molecule has 2 N–H and O–H groups in total. The fourth-order valence-electron chi connectivity index (χ4n) is 1.70. The monoisotopic (exact) mass is 268 g/mol. The molecule has 0 fully saturated rings. The van der Waals surface area contributed by atoms with Crippen molar-refractivity contribution in [2.75, 3.05) is 5.32 Å². The Morgan fingerprint density at radius 1 is 1.28 bits per heavy atom. The van der Waals surface area contributed by atoms with Crippen LogP contribution in [0.4, 0.5) is 5.69 Å². The van der Waals surface area contributed by atoms with Gasteiger partial charge in [0.05, 0.1) is 10.7 Å². The van der Waals surface area contributed by atoms with Crippen molar-refractivity contribution in [3.8, 4) is 0 Å². The molecule has 1 aromatic carbocycles. The van der Waals surface area contributed by atoms with Crippen LogP contribution < -0.4 is 10.6 Å². The van der Waals surface area contributed by atoms with Crippen molar-refractivity contribution in [3.63, 3.8) is 0 Å². The summed E-state index contributed by atoms with van der Waals surface area (Å²) in [5, 5.41) is 6.76. The van der Waals surface area contributed by atoms with E-state index in [1.807, 2.05) is 25.1 Å². The molecule has 0 aliphatic rings. The number of carbonyl (C=O) groups is 1. The summed E-state index contributed by atoms with van der Waals surface area (Å²) in [4.78, 5) is 12.0. The molecule has 0 saturated heterocycles. The van der Waals surface area contributed by atoms with E-state index in [0.29, 0.717) is 5.02 Å². The van der Waals surface area contributed by atoms with E-state index in [2.05, 4.69) is 24.5 Å². The second-order valence-electron chi connectivity index (χ2n) is 4.37. The topological polar surface area (TPSA) is 41.1 Å². The lowest BCUT2D eigenvalue weighted by Crippen LogP contribution is -2.42. The number of carbonyl (C=O) groups excluding carboxylic acids is 1. The predicted octanol–water partition coefficient (Wildman–Crippen LogP) is 3.45. The van der Waals surface area contributed by atoms with Gasteiger partial charge in [-0.3, -0.25) is 4.79 Å². The molecule has 1 aromatic rings. The summed E-state index contributed by atoms with van der Waals surface area (Å²) >= 11 is 6.04. The summed E-state index contributed by atoms with van der Waals surface area (Å²) in [5.74, 6) is 0.00335. The maximum Gasteiger partial charge on any atom is 0.242 e. The number of halogens is 1. The molecular weight excluding hydrogens is 248 g/mol. The number of rotatable bonds is 6. The Bertz CT molecular complexity index is 391. The molecule has 0 radical (unpaired) electrons. The number of hydrogen-bond donors (Lipinski definition) is 2. The molecule has 0 bridgehead atoms. The van der Waals surface area contributed by atoms with Gasteiger partial charge >= 0.3 is 0 Å². The van der Waals surface area contributed by atoms with Gasteiger partial charge in [0.1, 0.15) is 6.04 Å². The molecule has 0 saturated carbocycles. The van der Waals surface area contributed by atoms with Crippen LogP contribution >= 0.6 is 11.6 Å². The van der Waals surface area contributed by atoms with Crippen LogP contribution in [0.1, 0.15) is 33.6 Å². The second kappa shape index (κ2) is 7.27. The fraction of sp³-hybridized carbons (Fsp3) is 0.500. The van der Waals surface area contributed by atoms with Crippen molar-refractivity contribution in [1.29, 1.82) is 0 Å². The Morgan fingerprint density at radius 2 is 1.89 bits per heavy atom. The number of nitrogens with one attached hydrogen (secondary N) is 2. The van der Waals surface area contributed by atoms with Crippen LogP contribution in [0, 0.1) is 0 Å². The van der Waals surface area contributed by atoms with Crippen molar-refractivity contribution in [2.45, 2.75) is 45.7 Å². The number of para-hydroxylation sites is 1. The highest BCUT2D eigenvalue weighted by Gasteiger charge is 2.16. The molecule has 4 heteroatoms. The van der Waals surface area contributed by atoms with E-state index in [1.165, 1.54) is 0 Å². The first kappa shape index (κ1) is 14.8. The van der Waals surface area contributed by atoms with Crippen LogP contribution in [0.15, 0.2) is 24.3 Å². The number of amides is 1. The van der Waals surface area contributed by atoms with E-state index in [-0.39, 0.29) is 18.0 Å². The highest BCUT2D eigenvalue weighted by Crippen LogP contribution is 2.21. The van der Waals surface area contributed by atoms with Gasteiger partial charge in [-0.25, -0.2) is 0 Å². The lowest BCUT2D eigenvalue weighted by atomic mass is 10.1. The molecule has 3 nitrogen and oxygen atoms in total. The minimum absolute atomic E-state index is 0.00335. The Morgan fingerprint density at radius 3 is 2.44 bits per heavy atom. The summed E-state index contributed by atoms with van der Waals surface area (Å²) in [6, 6.07) is 7.36. The van der Waals surface area contributed by atoms with Crippen LogP contribution in [0.5, 0.6) is 0 Å². The zero-order valence-corrected chi connectivity index (χ0v) is 11.9. The second-order valence-corrected chi connectivity index (χ2v) is 4.78. The largest absolute Gasteiger partial charge is 0.373 e. The summed E-state index contributed by atoms with van der Waals surface area (Å²) < 4.78 is 0. The molecule has 1 atom stereocenters. The predicted molar refractivity (Wildman–Crippen MR) is 77.0 cm³/mol. The van der Waals surface area contributed by atoms with Gasteiger partial charge in [-0.1, -0.05) is 37.6 Å². The number of benzene rings is 1. The zero-order chi connectivity index (χ0) is 13.5. The Labute approximate surface area is 114 Å². The average molecular weight is 269 g/mol. The Hall–Kier alpha value is -1.22. The first-order valence-electron chi connectivity index (χ1n) is 6.39. The maximum atomic E-state index is 12.0. The average Bonchev–Trinajstić information content (AvgIpc) is 2.38. The molecule has 0 aromatic heterocycles. The summed E-state index contributed by atoms with van der Waals surface area (Å²) in [7, 11) is 0. The molecule has 0 aliphatic heterocycles. The van der Waals surface area contributed by atoms with Gasteiger partial charge in [0.2, 0.25) is 5.91 Å². The Kier molecular flexibility index (Phi) is 5.99. The third-order valence-corrected chi connectivity index (χ3v) is 3.30. The van der Waals surface area contributed by atoms with E-state index in [4.69, 9.17) is 11.6 Å². The summed E-state index contributed by atoms with van der Waals surface area (Å²) in [6.07, 6.45) is 1.89. The quantitative estimate of drug-likeness (QED) is 0.830. The molecule has 0 aliphatic carbocycles. The van der Waals surface area contributed by atoms with Crippen molar-refractivity contribution < 1.29 is 4.79 Å². The Balaban J connectivity index is 2.57. The van der Waals surface area contributed by atoms with Crippen molar-refractivity contribution in [2.24, 2.45) is 0 Å². The third kappa shape index (κ3) is 4.22. The minimum Gasteiger partial charge on any atom is -0.373 e. The van der Waals surface area contributed by atoms with Crippen LogP contribution in [0.2, 0.25) is 5.02 Å². The highest BCUT2D eigenvalue weighted by molar-refractivity contribution is 6.33. The molecular formula is C14H21ClN2O. The fourth-order valence-corrected chi connectivity index (χ4v) is 1.89. The van der Waals surface area contributed by atoms with Crippen LogP contribution in [-0.4, -0.2) is 18.0 Å². The van der Waals surface area contributed by atoms with Gasteiger partial charge in [-0.15, -0.1) is 0 Å². The smallest absolute Gasteiger partial charge is 0.242 e. The van der Waals surface area contributed by atoms with E-state index >= 15 is 0 Å². The van der Waals surface area contributed by atoms with E-state index < -0.39 is 0 Å². The van der Waals surface area contributed by atoms with Gasteiger partial charge in [0.15, 0.2) is 0 Å². The molecule has 1 amide bonds. The van der Waals surface area contributed by atoms with Gasteiger partial charge in [0, 0.05) is 6.04 Å². The van der Waals surface area contributed by atoms with Gasteiger partial charge in [-0.05, 0) is 31.9 Å². The van der Waals surface area contributed by atoms with Crippen molar-refractivity contribution in [3.05, 3.63) is 29.3 Å². The van der Waals surface area contributed by atoms with E-state index in [0.717, 1.165) is 18.5 Å². The molecule has 100 valence electrons. The summed E-state index contributed by atoms with van der Waals surface area (Å²) in [6.45, 7) is 5.97. The van der Waals surface area contributed by atoms with Gasteiger partial charge in [-0.2, -0.15) is 0 Å². The number of hydrogen-bond acceptors (Lipinski definition) is 2. The van der Waals surface area contributed by atoms with Crippen molar-refractivity contribution >= 4 is 23.2 Å². The lowest BCUT2D eigenvalue weighted by Gasteiger charge is -2.20. The SMILES string of the molecule is CCC(CC)NC(=O)C(C)Nc1ccccc1Cl. The first-order valence-corrected chi connectivity index (χ1v) is 6.77. The lowest BCUT2D eigenvalue weighted by molar-refractivity contribution is -0.122.